The van der Waals surface area contributed by atoms with Gasteiger partial charge in [-0.05, 0) is 53.2 Å². The van der Waals surface area contributed by atoms with Gasteiger partial charge in [-0.25, -0.2) is 0 Å². The van der Waals surface area contributed by atoms with Gasteiger partial charge < -0.3 is 10.6 Å². The first-order valence-electron chi connectivity index (χ1n) is 7.02. The second-order valence-corrected chi connectivity index (χ2v) is 8.13. The Hall–Kier alpha value is 0.1000. The highest BCUT2D eigenvalue weighted by Crippen LogP contribution is 2.33. The maximum Gasteiger partial charge on any atom is 0.0701 e. The molecule has 3 rings (SSSR count). The van der Waals surface area contributed by atoms with E-state index in [4.69, 9.17) is 0 Å². The predicted molar refractivity (Wildman–Crippen MR) is 81.0 cm³/mol. The Morgan fingerprint density at radius 3 is 3.00 bits per heavy atom. The van der Waals surface area contributed by atoms with E-state index in [9.17, 15) is 0 Å². The Kier molecular flexibility index (Phi) is 4.39. The molecule has 4 heteroatoms. The minimum absolute atomic E-state index is 0.696. The number of halogens is 1. The van der Waals surface area contributed by atoms with Gasteiger partial charge in [0.2, 0.25) is 0 Å². The van der Waals surface area contributed by atoms with Gasteiger partial charge in [0.25, 0.3) is 0 Å². The van der Waals surface area contributed by atoms with Crippen molar-refractivity contribution in [1.82, 2.24) is 10.6 Å². The van der Waals surface area contributed by atoms with Crippen LogP contribution in [0.3, 0.4) is 0 Å². The van der Waals surface area contributed by atoms with E-state index in [-0.39, 0.29) is 0 Å². The van der Waals surface area contributed by atoms with E-state index in [0.717, 1.165) is 25.0 Å². The summed E-state index contributed by atoms with van der Waals surface area (Å²) in [6.45, 7) is 2.12. The molecule has 1 aromatic rings. The van der Waals surface area contributed by atoms with E-state index < -0.39 is 0 Å². The van der Waals surface area contributed by atoms with Crippen molar-refractivity contribution < 1.29 is 0 Å². The molecule has 0 bridgehead atoms. The van der Waals surface area contributed by atoms with Gasteiger partial charge >= 0.3 is 0 Å². The van der Waals surface area contributed by atoms with Gasteiger partial charge in [-0.3, -0.25) is 0 Å². The fourth-order valence-electron chi connectivity index (χ4n) is 3.40. The van der Waals surface area contributed by atoms with Crippen LogP contribution in [0.1, 0.15) is 37.0 Å². The van der Waals surface area contributed by atoms with Crippen molar-refractivity contribution in [3.8, 4) is 0 Å². The van der Waals surface area contributed by atoms with E-state index in [1.807, 2.05) is 11.3 Å². The van der Waals surface area contributed by atoms with Crippen LogP contribution in [0.2, 0.25) is 0 Å². The van der Waals surface area contributed by atoms with Crippen LogP contribution < -0.4 is 10.6 Å². The molecular weight excluding hydrogens is 308 g/mol. The molecule has 2 N–H and O–H groups in total. The van der Waals surface area contributed by atoms with Gasteiger partial charge in [-0.2, -0.15) is 0 Å². The lowest BCUT2D eigenvalue weighted by atomic mass is 9.85. The summed E-state index contributed by atoms with van der Waals surface area (Å²) >= 11 is 5.33. The maximum atomic E-state index is 3.82. The predicted octanol–water partition coefficient (Wildman–Crippen LogP) is 3.52. The minimum Gasteiger partial charge on any atom is -0.310 e. The highest BCUT2D eigenvalue weighted by Gasteiger charge is 2.34. The molecule has 0 amide bonds. The highest BCUT2D eigenvalue weighted by atomic mass is 79.9. The topological polar surface area (TPSA) is 24.1 Å². The van der Waals surface area contributed by atoms with Crippen LogP contribution in [0.15, 0.2) is 15.9 Å². The van der Waals surface area contributed by atoms with Crippen molar-refractivity contribution in [1.29, 1.82) is 0 Å². The molecule has 3 atom stereocenters. The lowest BCUT2D eigenvalue weighted by Crippen LogP contribution is -2.38. The first-order chi connectivity index (χ1) is 8.81. The van der Waals surface area contributed by atoms with E-state index in [0.29, 0.717) is 6.04 Å². The van der Waals surface area contributed by atoms with Crippen LogP contribution in [0.25, 0.3) is 0 Å². The van der Waals surface area contributed by atoms with Gasteiger partial charge in [0, 0.05) is 30.1 Å². The molecule has 1 saturated heterocycles. The lowest BCUT2D eigenvalue weighted by molar-refractivity contribution is 0.325. The summed E-state index contributed by atoms with van der Waals surface area (Å²) in [6, 6.07) is 5.84. The first-order valence-corrected chi connectivity index (χ1v) is 8.63. The molecule has 18 heavy (non-hydrogen) atoms. The van der Waals surface area contributed by atoms with Gasteiger partial charge in [-0.1, -0.05) is 12.8 Å². The average Bonchev–Trinajstić information content (AvgIpc) is 2.95. The van der Waals surface area contributed by atoms with Gasteiger partial charge in [-0.15, -0.1) is 11.3 Å². The molecule has 100 valence electrons. The van der Waals surface area contributed by atoms with Gasteiger partial charge in [0.05, 0.1) is 3.79 Å². The largest absolute Gasteiger partial charge is 0.310 e. The fraction of sp³-hybridized carbons (Fsp3) is 0.714. The van der Waals surface area contributed by atoms with Crippen LogP contribution in [0, 0.1) is 5.92 Å². The highest BCUT2D eigenvalue weighted by molar-refractivity contribution is 9.11. The van der Waals surface area contributed by atoms with E-state index >= 15 is 0 Å². The van der Waals surface area contributed by atoms with Crippen molar-refractivity contribution in [3.05, 3.63) is 20.8 Å². The molecule has 1 aromatic heterocycles. The number of fused-ring (bicyclic) bond motifs is 1. The number of hydrogen-bond acceptors (Lipinski definition) is 3. The van der Waals surface area contributed by atoms with Crippen LogP contribution in [0.5, 0.6) is 0 Å². The van der Waals surface area contributed by atoms with Crippen molar-refractivity contribution in [2.45, 2.75) is 50.7 Å². The molecule has 2 nitrogen and oxygen atoms in total. The summed E-state index contributed by atoms with van der Waals surface area (Å²) in [5, 5.41) is 7.41. The molecule has 2 fully saturated rings. The molecule has 2 aliphatic rings. The second-order valence-electron chi connectivity index (χ2n) is 5.59. The number of rotatable bonds is 4. The molecule has 1 aliphatic carbocycles. The number of nitrogens with one attached hydrogen (secondary N) is 2. The third kappa shape index (κ3) is 3.16. The SMILES string of the molecule is Brc1ccc(CNCC2CC3CCCCC3N2)s1. The average molecular weight is 329 g/mol. The molecule has 0 aromatic carbocycles. The molecule has 0 radical (unpaired) electrons. The van der Waals surface area contributed by atoms with Gasteiger partial charge in [0.1, 0.15) is 0 Å². The van der Waals surface area contributed by atoms with E-state index in [1.54, 1.807) is 0 Å². The van der Waals surface area contributed by atoms with Crippen molar-refractivity contribution in [2.24, 2.45) is 5.92 Å². The van der Waals surface area contributed by atoms with Crippen LogP contribution in [0.4, 0.5) is 0 Å². The van der Waals surface area contributed by atoms with Crippen LogP contribution >= 0.6 is 27.3 Å². The van der Waals surface area contributed by atoms with Crippen LogP contribution in [-0.4, -0.2) is 18.6 Å². The minimum atomic E-state index is 0.696. The molecule has 3 unspecified atom stereocenters. The summed E-state index contributed by atoms with van der Waals surface area (Å²) in [5.74, 6) is 0.960. The maximum absolute atomic E-state index is 3.82. The summed E-state index contributed by atoms with van der Waals surface area (Å²) in [5.41, 5.74) is 0. The first kappa shape index (κ1) is 13.1. The normalized spacial score (nSPS) is 31.5. The Balaban J connectivity index is 1.41. The van der Waals surface area contributed by atoms with Crippen molar-refractivity contribution in [2.75, 3.05) is 6.54 Å². The third-order valence-electron chi connectivity index (χ3n) is 4.26. The Bertz CT molecular complexity index is 379. The quantitative estimate of drug-likeness (QED) is 0.883. The molecule has 0 spiro atoms. The summed E-state index contributed by atoms with van der Waals surface area (Å²) in [7, 11) is 0. The lowest BCUT2D eigenvalue weighted by Gasteiger charge is -2.24. The Morgan fingerprint density at radius 2 is 2.22 bits per heavy atom. The summed E-state index contributed by atoms with van der Waals surface area (Å²) in [4.78, 5) is 1.41. The van der Waals surface area contributed by atoms with Crippen molar-refractivity contribution >= 4 is 27.3 Å². The van der Waals surface area contributed by atoms with E-state index in [2.05, 4.69) is 38.7 Å². The molecule has 2 heterocycles. The standard InChI is InChI=1S/C14H21BrN2S/c15-14-6-5-12(18-14)9-16-8-11-7-10-3-1-2-4-13(10)17-11/h5-6,10-11,13,16-17H,1-4,7-9H2. The molecular formula is C14H21BrN2S. The Labute approximate surface area is 122 Å². The summed E-state index contributed by atoms with van der Waals surface area (Å²) in [6.07, 6.45) is 7.11. The van der Waals surface area contributed by atoms with Crippen LogP contribution in [-0.2, 0) is 6.54 Å². The molecule has 1 aliphatic heterocycles. The van der Waals surface area contributed by atoms with Gasteiger partial charge in [0.15, 0.2) is 0 Å². The zero-order valence-corrected chi connectivity index (χ0v) is 13.0. The number of hydrogen-bond donors (Lipinski definition) is 2. The zero-order chi connectivity index (χ0) is 12.4. The number of thiophene rings is 1. The smallest absolute Gasteiger partial charge is 0.0701 e. The molecule has 1 saturated carbocycles. The van der Waals surface area contributed by atoms with Crippen molar-refractivity contribution in [3.63, 3.8) is 0 Å². The monoisotopic (exact) mass is 328 g/mol. The fourth-order valence-corrected chi connectivity index (χ4v) is 4.86. The second kappa shape index (κ2) is 6.04. The van der Waals surface area contributed by atoms with E-state index in [1.165, 1.54) is 40.8 Å². The Morgan fingerprint density at radius 1 is 1.33 bits per heavy atom. The third-order valence-corrected chi connectivity index (χ3v) is 5.89. The summed E-state index contributed by atoms with van der Waals surface area (Å²) < 4.78 is 1.23. The zero-order valence-electron chi connectivity index (χ0n) is 10.6.